The predicted octanol–water partition coefficient (Wildman–Crippen LogP) is 1.13. The molecule has 1 aromatic heterocycles. The quantitative estimate of drug-likeness (QED) is 0.781. The first-order valence-corrected chi connectivity index (χ1v) is 5.51. The van der Waals surface area contributed by atoms with Crippen LogP contribution in [0.2, 0.25) is 0 Å². The van der Waals surface area contributed by atoms with Gasteiger partial charge in [0.15, 0.2) is 0 Å². The van der Waals surface area contributed by atoms with Gasteiger partial charge in [0.25, 0.3) is 0 Å². The lowest BCUT2D eigenvalue weighted by Gasteiger charge is -2.23. The van der Waals surface area contributed by atoms with Gasteiger partial charge in [-0.25, -0.2) is 9.97 Å². The van der Waals surface area contributed by atoms with Crippen LogP contribution in [-0.2, 0) is 17.6 Å². The van der Waals surface area contributed by atoms with Crippen LogP contribution in [0.3, 0.4) is 0 Å². The van der Waals surface area contributed by atoms with E-state index in [2.05, 4.69) is 9.97 Å². The number of hydrogen-bond donors (Lipinski definition) is 2. The average Bonchev–Trinajstić information content (AvgIpc) is 2.26. The van der Waals surface area contributed by atoms with Gasteiger partial charge in [-0.1, -0.05) is 6.92 Å². The lowest BCUT2D eigenvalue weighted by Crippen LogP contribution is -2.22. The molecule has 1 aliphatic carbocycles. The van der Waals surface area contributed by atoms with Crippen molar-refractivity contribution in [3.8, 4) is 0 Å². The van der Waals surface area contributed by atoms with Gasteiger partial charge < -0.3 is 10.8 Å². The Bertz CT molecular complexity index is 414. The monoisotopic (exact) mass is 221 g/mol. The van der Waals surface area contributed by atoms with Crippen LogP contribution in [0.1, 0.15) is 42.6 Å². The Morgan fingerprint density at radius 2 is 2.31 bits per heavy atom. The van der Waals surface area contributed by atoms with Gasteiger partial charge in [-0.3, -0.25) is 4.79 Å². The molecular weight excluding hydrogens is 206 g/mol. The second-order valence-corrected chi connectivity index (χ2v) is 4.03. The van der Waals surface area contributed by atoms with E-state index in [9.17, 15) is 9.90 Å². The number of aryl methyl sites for hydroxylation is 2. The molecule has 16 heavy (non-hydrogen) atoms. The summed E-state index contributed by atoms with van der Waals surface area (Å²) in [5.41, 5.74) is 8.02. The highest BCUT2D eigenvalue weighted by Gasteiger charge is 2.30. The first-order chi connectivity index (χ1) is 7.63. The summed E-state index contributed by atoms with van der Waals surface area (Å²) in [5.74, 6) is -0.995. The number of nitrogens with zero attached hydrogens (tertiary/aromatic N) is 2. The lowest BCUT2D eigenvalue weighted by atomic mass is 9.84. The molecule has 0 spiro atoms. The van der Waals surface area contributed by atoms with Crippen molar-refractivity contribution in [2.75, 3.05) is 5.73 Å². The van der Waals surface area contributed by atoms with Crippen molar-refractivity contribution in [3.05, 3.63) is 17.0 Å². The minimum atomic E-state index is -0.788. The van der Waals surface area contributed by atoms with Crippen molar-refractivity contribution in [2.45, 2.75) is 38.5 Å². The molecule has 1 heterocycles. The molecule has 5 nitrogen and oxygen atoms in total. The first kappa shape index (κ1) is 10.9. The van der Waals surface area contributed by atoms with Gasteiger partial charge in [-0.05, 0) is 25.7 Å². The van der Waals surface area contributed by atoms with Crippen LogP contribution in [0.15, 0.2) is 0 Å². The molecule has 3 N–H and O–H groups in total. The fraction of sp³-hybridized carbons (Fsp3) is 0.545. The molecule has 0 amide bonds. The second kappa shape index (κ2) is 4.08. The van der Waals surface area contributed by atoms with E-state index in [4.69, 9.17) is 5.73 Å². The minimum absolute atomic E-state index is 0.252. The third kappa shape index (κ3) is 1.73. The Labute approximate surface area is 93.7 Å². The Hall–Kier alpha value is -1.65. The number of carboxylic acid groups (broad SMARTS) is 1. The fourth-order valence-electron chi connectivity index (χ4n) is 2.32. The van der Waals surface area contributed by atoms with Crippen molar-refractivity contribution in [1.82, 2.24) is 9.97 Å². The molecule has 86 valence electrons. The molecule has 1 aliphatic rings. The van der Waals surface area contributed by atoms with Crippen LogP contribution in [0, 0.1) is 0 Å². The molecule has 0 fully saturated rings. The predicted molar refractivity (Wildman–Crippen MR) is 59.1 cm³/mol. The van der Waals surface area contributed by atoms with Gasteiger partial charge in [0, 0.05) is 5.56 Å². The van der Waals surface area contributed by atoms with Crippen molar-refractivity contribution in [2.24, 2.45) is 0 Å². The molecule has 1 aromatic rings. The molecule has 1 atom stereocenters. The molecule has 1 unspecified atom stereocenters. The molecule has 5 heteroatoms. The molecule has 0 saturated carbocycles. The highest BCUT2D eigenvalue weighted by atomic mass is 16.4. The molecule has 0 aromatic carbocycles. The van der Waals surface area contributed by atoms with Crippen LogP contribution < -0.4 is 5.73 Å². The summed E-state index contributed by atoms with van der Waals surface area (Å²) in [6.07, 6.45) is 3.02. The molecule has 0 bridgehead atoms. The number of anilines is 1. The Morgan fingerprint density at radius 1 is 1.56 bits per heavy atom. The van der Waals surface area contributed by atoms with Gasteiger partial charge in [0.05, 0.1) is 17.3 Å². The Balaban J connectivity index is 2.57. The van der Waals surface area contributed by atoms with Crippen LogP contribution in [0.25, 0.3) is 0 Å². The van der Waals surface area contributed by atoms with Crippen LogP contribution >= 0.6 is 0 Å². The molecule has 0 saturated heterocycles. The average molecular weight is 221 g/mol. The van der Waals surface area contributed by atoms with E-state index in [0.717, 1.165) is 29.8 Å². The van der Waals surface area contributed by atoms with Gasteiger partial charge in [-0.2, -0.15) is 0 Å². The van der Waals surface area contributed by atoms with Gasteiger partial charge in [0.2, 0.25) is 5.95 Å². The number of fused-ring (bicyclic) bond motifs is 1. The number of hydrogen-bond acceptors (Lipinski definition) is 4. The van der Waals surface area contributed by atoms with E-state index in [0.29, 0.717) is 12.8 Å². The van der Waals surface area contributed by atoms with E-state index in [1.165, 1.54) is 0 Å². The summed E-state index contributed by atoms with van der Waals surface area (Å²) in [5, 5.41) is 9.19. The summed E-state index contributed by atoms with van der Waals surface area (Å²) in [6, 6.07) is 0. The zero-order valence-electron chi connectivity index (χ0n) is 9.23. The van der Waals surface area contributed by atoms with Gasteiger partial charge in [-0.15, -0.1) is 0 Å². The SMILES string of the molecule is CCc1nc(N)nc2c1C(C(=O)O)CCC2. The maximum Gasteiger partial charge on any atom is 0.311 e. The lowest BCUT2D eigenvalue weighted by molar-refractivity contribution is -0.139. The Kier molecular flexibility index (Phi) is 2.77. The summed E-state index contributed by atoms with van der Waals surface area (Å²) >= 11 is 0. The first-order valence-electron chi connectivity index (χ1n) is 5.51. The van der Waals surface area contributed by atoms with Crippen LogP contribution in [0.4, 0.5) is 5.95 Å². The largest absolute Gasteiger partial charge is 0.481 e. The van der Waals surface area contributed by atoms with Crippen molar-refractivity contribution >= 4 is 11.9 Å². The number of nitrogens with two attached hydrogens (primary N) is 1. The van der Waals surface area contributed by atoms with E-state index in [1.54, 1.807) is 0 Å². The number of aliphatic carboxylic acids is 1. The highest BCUT2D eigenvalue weighted by Crippen LogP contribution is 2.33. The summed E-state index contributed by atoms with van der Waals surface area (Å²) < 4.78 is 0. The maximum absolute atomic E-state index is 11.2. The number of aromatic nitrogens is 2. The van der Waals surface area contributed by atoms with E-state index in [1.807, 2.05) is 6.92 Å². The third-order valence-corrected chi connectivity index (χ3v) is 3.01. The molecular formula is C11H15N3O2. The smallest absolute Gasteiger partial charge is 0.311 e. The van der Waals surface area contributed by atoms with E-state index >= 15 is 0 Å². The summed E-state index contributed by atoms with van der Waals surface area (Å²) in [6.45, 7) is 1.95. The molecule has 0 aliphatic heterocycles. The number of rotatable bonds is 2. The van der Waals surface area contributed by atoms with Gasteiger partial charge in [0.1, 0.15) is 0 Å². The second-order valence-electron chi connectivity index (χ2n) is 4.03. The standard InChI is InChI=1S/C11H15N3O2/c1-2-7-9-6(10(15)16)4-3-5-8(9)14-11(12)13-7/h6H,2-5H2,1H3,(H,15,16)(H2,12,13,14). The Morgan fingerprint density at radius 3 is 2.94 bits per heavy atom. The van der Waals surface area contributed by atoms with Gasteiger partial charge >= 0.3 is 5.97 Å². The van der Waals surface area contributed by atoms with Crippen molar-refractivity contribution in [1.29, 1.82) is 0 Å². The number of nitrogen functional groups attached to an aromatic ring is 1. The van der Waals surface area contributed by atoms with E-state index < -0.39 is 11.9 Å². The minimum Gasteiger partial charge on any atom is -0.481 e. The highest BCUT2D eigenvalue weighted by molar-refractivity contribution is 5.77. The van der Waals surface area contributed by atoms with Crippen LogP contribution in [-0.4, -0.2) is 21.0 Å². The third-order valence-electron chi connectivity index (χ3n) is 3.01. The fourth-order valence-corrected chi connectivity index (χ4v) is 2.32. The summed E-state index contributed by atoms with van der Waals surface area (Å²) in [4.78, 5) is 19.5. The topological polar surface area (TPSA) is 89.1 Å². The van der Waals surface area contributed by atoms with Crippen molar-refractivity contribution in [3.63, 3.8) is 0 Å². The zero-order valence-corrected chi connectivity index (χ0v) is 9.23. The van der Waals surface area contributed by atoms with E-state index in [-0.39, 0.29) is 5.95 Å². The molecule has 0 radical (unpaired) electrons. The number of carboxylic acids is 1. The maximum atomic E-state index is 11.2. The molecule has 2 rings (SSSR count). The number of carbonyl (C=O) groups is 1. The van der Waals surface area contributed by atoms with Crippen molar-refractivity contribution < 1.29 is 9.90 Å². The normalized spacial score (nSPS) is 19.2. The summed E-state index contributed by atoms with van der Waals surface area (Å²) in [7, 11) is 0. The van der Waals surface area contributed by atoms with Crippen LogP contribution in [0.5, 0.6) is 0 Å². The zero-order chi connectivity index (χ0) is 11.7.